The van der Waals surface area contributed by atoms with Crippen LogP contribution in [0.3, 0.4) is 0 Å². The minimum Gasteiger partial charge on any atom is -0.351 e. The topological polar surface area (TPSA) is 63.2 Å². The van der Waals surface area contributed by atoms with Gasteiger partial charge in [-0.1, -0.05) is 48.3 Å². The first-order valence-corrected chi connectivity index (χ1v) is 9.68. The average Bonchev–Trinajstić information content (AvgIpc) is 2.37. The highest BCUT2D eigenvalue weighted by molar-refractivity contribution is 9.10. The van der Waals surface area contributed by atoms with Crippen LogP contribution < -0.4 is 5.32 Å². The Balaban J connectivity index is 3.14. The van der Waals surface area contributed by atoms with Gasteiger partial charge in [-0.2, -0.15) is 0 Å². The van der Waals surface area contributed by atoms with Crippen LogP contribution in [0.4, 0.5) is 0 Å². The lowest BCUT2D eigenvalue weighted by molar-refractivity contribution is 0.0935. The summed E-state index contributed by atoms with van der Waals surface area (Å²) >= 11 is 9.15. The molecule has 1 N–H and O–H groups in total. The summed E-state index contributed by atoms with van der Waals surface area (Å²) in [6.07, 6.45) is 0.890. The van der Waals surface area contributed by atoms with Gasteiger partial charge in [-0.25, -0.2) is 8.42 Å². The molecule has 0 aromatic heterocycles. The first kappa shape index (κ1) is 18.7. The van der Waals surface area contributed by atoms with E-state index >= 15 is 0 Å². The molecule has 0 bridgehead atoms. The van der Waals surface area contributed by atoms with E-state index in [2.05, 4.69) is 21.2 Å². The quantitative estimate of drug-likeness (QED) is 0.731. The number of hydrogen-bond donors (Lipinski definition) is 1. The van der Waals surface area contributed by atoms with Crippen LogP contribution in [0.25, 0.3) is 0 Å². The van der Waals surface area contributed by atoms with Crippen molar-refractivity contribution in [2.45, 2.75) is 32.1 Å². The van der Waals surface area contributed by atoms with Gasteiger partial charge < -0.3 is 5.32 Å². The van der Waals surface area contributed by atoms with Crippen LogP contribution in [0, 0.1) is 5.41 Å². The van der Waals surface area contributed by atoms with Gasteiger partial charge in [0.2, 0.25) is 0 Å². The third-order valence-corrected chi connectivity index (χ3v) is 5.52. The molecule has 1 aromatic carbocycles. The predicted octanol–water partition coefficient (Wildman–Crippen LogP) is 4.20. The van der Waals surface area contributed by atoms with E-state index < -0.39 is 15.0 Å². The van der Waals surface area contributed by atoms with Crippen molar-refractivity contribution in [1.82, 2.24) is 5.32 Å². The lowest BCUT2D eigenvalue weighted by atomic mass is 9.90. The summed E-state index contributed by atoms with van der Waals surface area (Å²) in [6.45, 7) is 6.51. The molecule has 0 radical (unpaired) electrons. The fourth-order valence-electron chi connectivity index (χ4n) is 1.45. The highest BCUT2D eigenvalue weighted by Gasteiger charge is 2.23. The molecular formula is C13H16BrCl2NO3S. The smallest absolute Gasteiger partial charge is 0.262 e. The summed E-state index contributed by atoms with van der Waals surface area (Å²) < 4.78 is 23.4. The maximum atomic E-state index is 12.2. The molecule has 21 heavy (non-hydrogen) atoms. The highest BCUT2D eigenvalue weighted by atomic mass is 79.9. The largest absolute Gasteiger partial charge is 0.351 e. The first-order valence-electron chi connectivity index (χ1n) is 6.20. The Hall–Kier alpha value is -0.300. The second-order valence-corrected chi connectivity index (χ2v) is 9.23. The van der Waals surface area contributed by atoms with Gasteiger partial charge in [-0.3, -0.25) is 4.79 Å². The summed E-state index contributed by atoms with van der Waals surface area (Å²) in [5, 5.41) is 2.57. The number of carbonyl (C=O) groups excluding carboxylic acids is 1. The van der Waals surface area contributed by atoms with Crippen LogP contribution >= 0.6 is 38.2 Å². The maximum absolute atomic E-state index is 12.2. The van der Waals surface area contributed by atoms with Crippen LogP contribution in [0.15, 0.2) is 21.5 Å². The van der Waals surface area contributed by atoms with E-state index in [1.54, 1.807) is 0 Å². The molecule has 1 amide bonds. The number of carbonyl (C=O) groups is 1. The molecule has 0 aliphatic heterocycles. The number of rotatable bonds is 5. The van der Waals surface area contributed by atoms with E-state index in [0.29, 0.717) is 11.0 Å². The molecule has 0 unspecified atom stereocenters. The summed E-state index contributed by atoms with van der Waals surface area (Å²) in [5.74, 6) is -0.440. The monoisotopic (exact) mass is 415 g/mol. The van der Waals surface area contributed by atoms with Gasteiger partial charge in [0.15, 0.2) is 0 Å². The lowest BCUT2D eigenvalue weighted by Crippen LogP contribution is -2.33. The number of halogens is 3. The Kier molecular flexibility index (Phi) is 6.12. The normalized spacial score (nSPS) is 12.3. The molecule has 118 valence electrons. The van der Waals surface area contributed by atoms with E-state index in [1.165, 1.54) is 12.1 Å². The molecule has 0 saturated carbocycles. The van der Waals surface area contributed by atoms with E-state index in [9.17, 15) is 13.2 Å². The molecule has 4 nitrogen and oxygen atoms in total. The minimum absolute atomic E-state index is 0.0600. The second kappa shape index (κ2) is 6.86. The first-order chi connectivity index (χ1) is 9.48. The Morgan fingerprint density at radius 2 is 1.95 bits per heavy atom. The van der Waals surface area contributed by atoms with Crippen molar-refractivity contribution in [3.05, 3.63) is 27.2 Å². The molecular weight excluding hydrogens is 401 g/mol. The van der Waals surface area contributed by atoms with E-state index in [1.807, 2.05) is 20.8 Å². The van der Waals surface area contributed by atoms with Gasteiger partial charge in [0.05, 0.1) is 10.6 Å². The van der Waals surface area contributed by atoms with Crippen LogP contribution in [0.1, 0.15) is 37.6 Å². The maximum Gasteiger partial charge on any atom is 0.262 e. The molecule has 0 saturated heterocycles. The van der Waals surface area contributed by atoms with Crippen molar-refractivity contribution in [1.29, 1.82) is 0 Å². The number of benzene rings is 1. The molecule has 0 fully saturated rings. The molecule has 8 heteroatoms. The van der Waals surface area contributed by atoms with Crippen LogP contribution in [0.5, 0.6) is 0 Å². The molecule has 0 spiro atoms. The molecule has 0 heterocycles. The Morgan fingerprint density at radius 3 is 2.43 bits per heavy atom. The Bertz CT molecular complexity index is 660. The Labute approximate surface area is 142 Å². The molecule has 1 rings (SSSR count). The van der Waals surface area contributed by atoms with Crippen molar-refractivity contribution in [2.24, 2.45) is 5.41 Å². The number of hydrogen-bond acceptors (Lipinski definition) is 3. The zero-order valence-corrected chi connectivity index (χ0v) is 15.8. The Morgan fingerprint density at radius 1 is 1.38 bits per heavy atom. The summed E-state index contributed by atoms with van der Waals surface area (Å²) in [7, 11) is 1.29. The highest BCUT2D eigenvalue weighted by Crippen LogP contribution is 2.31. The molecule has 0 aliphatic rings. The average molecular weight is 417 g/mol. The summed E-state index contributed by atoms with van der Waals surface area (Å²) in [4.78, 5) is 11.9. The van der Waals surface area contributed by atoms with Crippen LogP contribution in [-0.4, -0.2) is 20.9 Å². The van der Waals surface area contributed by atoms with Gasteiger partial charge in [0.25, 0.3) is 15.0 Å². The van der Waals surface area contributed by atoms with Gasteiger partial charge in [-0.05, 0) is 24.0 Å². The van der Waals surface area contributed by atoms with E-state index in [4.69, 9.17) is 22.3 Å². The second-order valence-electron chi connectivity index (χ2n) is 5.40. The fraction of sp³-hybridized carbons (Fsp3) is 0.462. The van der Waals surface area contributed by atoms with Gasteiger partial charge in [0.1, 0.15) is 4.90 Å². The predicted molar refractivity (Wildman–Crippen MR) is 88.6 cm³/mol. The van der Waals surface area contributed by atoms with Gasteiger partial charge in [-0.15, -0.1) is 0 Å². The summed E-state index contributed by atoms with van der Waals surface area (Å²) in [5.41, 5.74) is 0.00684. The van der Waals surface area contributed by atoms with Crippen molar-refractivity contribution in [3.63, 3.8) is 0 Å². The zero-order chi connectivity index (χ0) is 16.4. The fourth-order valence-corrected chi connectivity index (χ4v) is 3.63. The molecule has 0 aliphatic carbocycles. The SMILES string of the molecule is CCC(C)(C)CNC(=O)c1cc(Br)cc(S(=O)(=O)Cl)c1Cl. The van der Waals surface area contributed by atoms with Crippen LogP contribution in [0.2, 0.25) is 5.02 Å². The van der Waals surface area contributed by atoms with E-state index in [-0.39, 0.29) is 20.9 Å². The zero-order valence-electron chi connectivity index (χ0n) is 11.8. The van der Waals surface area contributed by atoms with Gasteiger partial charge in [0, 0.05) is 21.7 Å². The van der Waals surface area contributed by atoms with Gasteiger partial charge >= 0.3 is 0 Å². The van der Waals surface area contributed by atoms with E-state index in [0.717, 1.165) is 6.42 Å². The van der Waals surface area contributed by atoms with Crippen molar-refractivity contribution in [3.8, 4) is 0 Å². The van der Waals surface area contributed by atoms with Crippen molar-refractivity contribution >= 4 is 53.2 Å². The number of nitrogens with one attached hydrogen (secondary N) is 1. The third kappa shape index (κ3) is 5.13. The molecule has 0 atom stereocenters. The summed E-state index contributed by atoms with van der Waals surface area (Å²) in [6, 6.07) is 2.72. The third-order valence-electron chi connectivity index (χ3n) is 3.20. The molecule has 1 aromatic rings. The lowest BCUT2D eigenvalue weighted by Gasteiger charge is -2.23. The van der Waals surface area contributed by atoms with Crippen molar-refractivity contribution in [2.75, 3.05) is 6.54 Å². The van der Waals surface area contributed by atoms with Crippen LogP contribution in [-0.2, 0) is 9.05 Å². The minimum atomic E-state index is -4.03. The van der Waals surface area contributed by atoms with Crippen molar-refractivity contribution < 1.29 is 13.2 Å². The standard InChI is InChI=1S/C13H16BrCl2NO3S/c1-4-13(2,3)7-17-12(18)9-5-8(14)6-10(11(9)15)21(16,19)20/h5-6H,4,7H2,1-3H3,(H,17,18). The number of amides is 1.